The van der Waals surface area contributed by atoms with Crippen LogP contribution < -0.4 is 10.6 Å². The first kappa shape index (κ1) is 35.2. The number of amides is 3. The van der Waals surface area contributed by atoms with E-state index in [1.807, 2.05) is 48.5 Å². The fraction of sp³-hybridized carbons (Fsp3) is 0.783. The molecule has 1 aliphatic heterocycles. The molecule has 3 amide bonds. The molecule has 7 heteroatoms. The molecule has 2 N–H and O–H groups in total. The zero-order chi connectivity index (χ0) is 24.9. The van der Waals surface area contributed by atoms with Gasteiger partial charge in [0.05, 0.1) is 0 Å². The monoisotopic (exact) mass is 429 g/mol. The van der Waals surface area contributed by atoms with E-state index in [2.05, 4.69) is 44.3 Å². The number of carbonyl (C=O) groups is 3. The highest BCUT2D eigenvalue weighted by Gasteiger charge is 2.33. The van der Waals surface area contributed by atoms with Crippen LogP contribution in [0.25, 0.3) is 0 Å². The van der Waals surface area contributed by atoms with Crippen LogP contribution in [0.1, 0.15) is 75.7 Å². The lowest BCUT2D eigenvalue weighted by atomic mass is 10.1. The van der Waals surface area contributed by atoms with Crippen LogP contribution in [0.4, 0.5) is 4.79 Å². The van der Waals surface area contributed by atoms with E-state index < -0.39 is 0 Å². The van der Waals surface area contributed by atoms with Crippen molar-refractivity contribution in [2.75, 3.05) is 20.1 Å². The van der Waals surface area contributed by atoms with E-state index in [1.54, 1.807) is 11.9 Å². The third kappa shape index (κ3) is 23.8. The molecule has 30 heavy (non-hydrogen) atoms. The second kappa shape index (κ2) is 21.5. The standard InChI is InChI=1S/C8H14N2O2.C7H15NO2.C4H10.C2H6.C2H2/c1-6-3-7(8(12)9-2)10(4-6)5-11;1-5-8-6(9)10-7(2,3)4;1-4(2)3;2*1-2/h5-7H,3-4H2,1-2H3,(H,9,12);5H2,1-4H3,(H,8,9);4H,1-3H3;1-2H3;1-2H/t6?,7-;;;;/m0..../s1. The van der Waals surface area contributed by atoms with Gasteiger partial charge < -0.3 is 20.3 Å². The molecule has 1 heterocycles. The SMILES string of the molecule is C#C.CC.CC(C)C.CCNC(=O)OC(C)(C)C.CNC(=O)[C@@H]1CC(C)CN1C=O. The molecule has 0 aromatic rings. The fourth-order valence-corrected chi connectivity index (χ4v) is 2.08. The Hall–Kier alpha value is -2.23. The predicted molar refractivity (Wildman–Crippen MR) is 126 cm³/mol. The molecule has 178 valence electrons. The Morgan fingerprint density at radius 1 is 1.20 bits per heavy atom. The van der Waals surface area contributed by atoms with Crippen molar-refractivity contribution in [2.45, 2.75) is 87.3 Å². The van der Waals surface area contributed by atoms with Gasteiger partial charge in [-0.3, -0.25) is 9.59 Å². The number of nitrogens with one attached hydrogen (secondary N) is 2. The Morgan fingerprint density at radius 3 is 1.93 bits per heavy atom. The number of carbonyl (C=O) groups excluding carboxylic acids is 3. The molecule has 1 fully saturated rings. The van der Waals surface area contributed by atoms with E-state index in [0.717, 1.165) is 18.7 Å². The van der Waals surface area contributed by atoms with Crippen molar-refractivity contribution in [2.24, 2.45) is 11.8 Å². The van der Waals surface area contributed by atoms with Crippen molar-refractivity contribution in [1.29, 1.82) is 0 Å². The number of rotatable bonds is 3. The topological polar surface area (TPSA) is 87.7 Å². The van der Waals surface area contributed by atoms with E-state index >= 15 is 0 Å². The number of likely N-dealkylation sites (tertiary alicyclic amines) is 1. The van der Waals surface area contributed by atoms with E-state index in [4.69, 9.17) is 4.74 Å². The lowest BCUT2D eigenvalue weighted by Crippen LogP contribution is -2.41. The summed E-state index contributed by atoms with van der Waals surface area (Å²) in [7, 11) is 1.59. The quantitative estimate of drug-likeness (QED) is 0.523. The number of alkyl carbamates (subject to hydrolysis) is 1. The van der Waals surface area contributed by atoms with Crippen LogP contribution in [0, 0.1) is 24.7 Å². The molecule has 0 bridgehead atoms. The minimum absolute atomic E-state index is 0.0635. The molecule has 0 aliphatic carbocycles. The third-order valence-electron chi connectivity index (χ3n) is 2.95. The zero-order valence-corrected chi connectivity index (χ0v) is 21.2. The number of terminal acetylenes is 1. The second-order valence-electron chi connectivity index (χ2n) is 8.04. The number of hydrogen-bond donors (Lipinski definition) is 2. The van der Waals surface area contributed by atoms with Gasteiger partial charge in [0.1, 0.15) is 11.6 Å². The Labute approximate surface area is 185 Å². The van der Waals surface area contributed by atoms with Gasteiger partial charge in [0.2, 0.25) is 12.3 Å². The van der Waals surface area contributed by atoms with E-state index in [0.29, 0.717) is 19.0 Å². The number of hydrogen-bond acceptors (Lipinski definition) is 4. The van der Waals surface area contributed by atoms with Crippen LogP contribution in [-0.4, -0.2) is 55.1 Å². The third-order valence-corrected chi connectivity index (χ3v) is 2.95. The van der Waals surface area contributed by atoms with Crippen LogP contribution >= 0.6 is 0 Å². The van der Waals surface area contributed by atoms with Gasteiger partial charge >= 0.3 is 6.09 Å². The average molecular weight is 430 g/mol. The zero-order valence-electron chi connectivity index (χ0n) is 21.2. The molecular weight excluding hydrogens is 382 g/mol. The molecule has 0 saturated carbocycles. The molecule has 0 aromatic heterocycles. The smallest absolute Gasteiger partial charge is 0.407 e. The average Bonchev–Trinajstić information content (AvgIpc) is 3.04. The Kier molecular flexibility index (Phi) is 25.2. The molecular formula is C23H47N3O4. The maximum Gasteiger partial charge on any atom is 0.407 e. The predicted octanol–water partition coefficient (Wildman–Crippen LogP) is 4.07. The minimum atomic E-state index is -0.390. The van der Waals surface area contributed by atoms with Gasteiger partial charge in [-0.05, 0) is 46.0 Å². The summed E-state index contributed by atoms with van der Waals surface area (Å²) in [6, 6.07) is -0.248. The maximum absolute atomic E-state index is 11.2. The molecule has 0 aromatic carbocycles. The molecule has 1 saturated heterocycles. The summed E-state index contributed by atoms with van der Waals surface area (Å²) in [5, 5.41) is 5.09. The molecule has 1 unspecified atom stereocenters. The van der Waals surface area contributed by atoms with Gasteiger partial charge in [-0.15, -0.1) is 12.8 Å². The van der Waals surface area contributed by atoms with Crippen LogP contribution in [0.2, 0.25) is 0 Å². The fourth-order valence-electron chi connectivity index (χ4n) is 2.08. The number of ether oxygens (including phenoxy) is 1. The highest BCUT2D eigenvalue weighted by Crippen LogP contribution is 2.20. The summed E-state index contributed by atoms with van der Waals surface area (Å²) in [5.41, 5.74) is -0.390. The number of likely N-dealkylation sites (N-methyl/N-ethyl adjacent to an activating group) is 1. The first-order valence-electron chi connectivity index (χ1n) is 10.6. The number of nitrogens with zero attached hydrogens (tertiary/aromatic N) is 1. The van der Waals surface area contributed by atoms with Gasteiger partial charge in [-0.1, -0.05) is 41.5 Å². The van der Waals surface area contributed by atoms with Crippen molar-refractivity contribution < 1.29 is 19.1 Å². The van der Waals surface area contributed by atoms with Gasteiger partial charge in [0.15, 0.2) is 0 Å². The molecule has 7 nitrogen and oxygen atoms in total. The Balaban J connectivity index is -0.000000169. The summed E-state index contributed by atoms with van der Waals surface area (Å²) < 4.78 is 4.93. The van der Waals surface area contributed by atoms with Crippen LogP contribution in [-0.2, 0) is 14.3 Å². The van der Waals surface area contributed by atoms with Gasteiger partial charge in [0.25, 0.3) is 0 Å². The summed E-state index contributed by atoms with van der Waals surface area (Å²) in [6.45, 7) is 21.2. The molecule has 0 radical (unpaired) electrons. The molecule has 1 aliphatic rings. The Morgan fingerprint density at radius 2 is 1.63 bits per heavy atom. The van der Waals surface area contributed by atoms with Gasteiger partial charge in [-0.2, -0.15) is 0 Å². The normalized spacial score (nSPS) is 16.5. The lowest BCUT2D eigenvalue weighted by molar-refractivity contribution is -0.130. The van der Waals surface area contributed by atoms with Crippen molar-refractivity contribution in [3.63, 3.8) is 0 Å². The molecule has 0 spiro atoms. The summed E-state index contributed by atoms with van der Waals surface area (Å²) in [6.07, 6.45) is 9.18. The lowest BCUT2D eigenvalue weighted by Gasteiger charge is -2.19. The van der Waals surface area contributed by atoms with Crippen molar-refractivity contribution in [3.05, 3.63) is 0 Å². The van der Waals surface area contributed by atoms with Gasteiger partial charge in [0, 0.05) is 20.1 Å². The first-order valence-corrected chi connectivity index (χ1v) is 10.6. The highest BCUT2D eigenvalue weighted by molar-refractivity contribution is 5.83. The van der Waals surface area contributed by atoms with Crippen LogP contribution in [0.5, 0.6) is 0 Å². The first-order chi connectivity index (χ1) is 13.9. The molecule has 2 atom stereocenters. The van der Waals surface area contributed by atoms with Crippen molar-refractivity contribution in [1.82, 2.24) is 15.5 Å². The summed E-state index contributed by atoms with van der Waals surface area (Å²) in [4.78, 5) is 34.0. The summed E-state index contributed by atoms with van der Waals surface area (Å²) >= 11 is 0. The summed E-state index contributed by atoms with van der Waals surface area (Å²) in [5.74, 6) is 1.20. The Bertz CT molecular complexity index is 454. The van der Waals surface area contributed by atoms with Crippen LogP contribution in [0.3, 0.4) is 0 Å². The van der Waals surface area contributed by atoms with E-state index in [9.17, 15) is 14.4 Å². The maximum atomic E-state index is 11.2. The minimum Gasteiger partial charge on any atom is -0.444 e. The van der Waals surface area contributed by atoms with E-state index in [1.165, 1.54) is 0 Å². The largest absolute Gasteiger partial charge is 0.444 e. The van der Waals surface area contributed by atoms with Crippen molar-refractivity contribution >= 4 is 18.4 Å². The van der Waals surface area contributed by atoms with Gasteiger partial charge in [-0.25, -0.2) is 4.79 Å². The van der Waals surface area contributed by atoms with Crippen molar-refractivity contribution in [3.8, 4) is 12.8 Å². The van der Waals surface area contributed by atoms with E-state index in [-0.39, 0.29) is 23.6 Å². The van der Waals surface area contributed by atoms with Crippen LogP contribution in [0.15, 0.2) is 0 Å². The second-order valence-corrected chi connectivity index (χ2v) is 8.04. The highest BCUT2D eigenvalue weighted by atomic mass is 16.6. The molecule has 1 rings (SSSR count).